The summed E-state index contributed by atoms with van der Waals surface area (Å²) in [6, 6.07) is 3.68. The Balaban J connectivity index is 1.35. The minimum atomic E-state index is 0.446. The summed E-state index contributed by atoms with van der Waals surface area (Å²) in [5.41, 5.74) is 0. The number of nitrogens with one attached hydrogen (secondary N) is 1. The van der Waals surface area contributed by atoms with Crippen LogP contribution in [-0.2, 0) is 0 Å². The summed E-state index contributed by atoms with van der Waals surface area (Å²) in [5, 5.41) is 11.7. The number of nitrogens with zero attached hydrogens (tertiary/aromatic N) is 3. The zero-order valence-corrected chi connectivity index (χ0v) is 14.1. The summed E-state index contributed by atoms with van der Waals surface area (Å²) in [6.07, 6.45) is 9.85. The monoisotopic (exact) mass is 322 g/mol. The van der Waals surface area contributed by atoms with Crippen LogP contribution >= 0.6 is 11.6 Å². The van der Waals surface area contributed by atoms with Gasteiger partial charge in [0, 0.05) is 13.1 Å². The summed E-state index contributed by atoms with van der Waals surface area (Å²) in [7, 11) is 0. The van der Waals surface area contributed by atoms with Gasteiger partial charge in [-0.25, -0.2) is 0 Å². The minimum Gasteiger partial charge on any atom is -0.368 e. The van der Waals surface area contributed by atoms with Crippen LogP contribution in [0.25, 0.3) is 0 Å². The van der Waals surface area contributed by atoms with Crippen LogP contribution in [0, 0.1) is 11.8 Å². The van der Waals surface area contributed by atoms with Gasteiger partial charge in [0.15, 0.2) is 5.15 Å². The van der Waals surface area contributed by atoms with Gasteiger partial charge in [-0.15, -0.1) is 10.2 Å². The van der Waals surface area contributed by atoms with Crippen LogP contribution in [0.2, 0.25) is 5.15 Å². The van der Waals surface area contributed by atoms with Crippen molar-refractivity contribution in [3.05, 3.63) is 17.3 Å². The lowest BCUT2D eigenvalue weighted by Crippen LogP contribution is -2.39. The van der Waals surface area contributed by atoms with Gasteiger partial charge in [0.25, 0.3) is 0 Å². The van der Waals surface area contributed by atoms with E-state index in [1.165, 1.54) is 64.6 Å². The van der Waals surface area contributed by atoms with Crippen molar-refractivity contribution in [1.29, 1.82) is 0 Å². The molecule has 0 aromatic carbocycles. The van der Waals surface area contributed by atoms with Gasteiger partial charge in [-0.2, -0.15) is 0 Å². The lowest BCUT2D eigenvalue weighted by Gasteiger charge is -2.35. The Morgan fingerprint density at radius 3 is 2.45 bits per heavy atom. The molecule has 0 atom stereocenters. The number of hydrogen-bond donors (Lipinski definition) is 1. The van der Waals surface area contributed by atoms with Crippen LogP contribution in [0.1, 0.15) is 44.9 Å². The highest BCUT2D eigenvalue weighted by atomic mass is 35.5. The first-order valence-corrected chi connectivity index (χ1v) is 9.13. The molecule has 5 heteroatoms. The highest BCUT2D eigenvalue weighted by Crippen LogP contribution is 2.26. The largest absolute Gasteiger partial charge is 0.368 e. The van der Waals surface area contributed by atoms with E-state index < -0.39 is 0 Å². The quantitative estimate of drug-likeness (QED) is 0.894. The van der Waals surface area contributed by atoms with Crippen LogP contribution in [0.15, 0.2) is 12.1 Å². The number of rotatable bonds is 5. The molecule has 1 aromatic heterocycles. The number of halogens is 1. The van der Waals surface area contributed by atoms with Crippen molar-refractivity contribution in [1.82, 2.24) is 15.1 Å². The van der Waals surface area contributed by atoms with Crippen LogP contribution in [0.3, 0.4) is 0 Å². The van der Waals surface area contributed by atoms with Crippen LogP contribution in [-0.4, -0.2) is 41.3 Å². The average Bonchev–Trinajstić information content (AvgIpc) is 2.57. The van der Waals surface area contributed by atoms with E-state index in [9.17, 15) is 0 Å². The molecule has 0 amide bonds. The fourth-order valence-electron chi connectivity index (χ4n) is 3.77. The van der Waals surface area contributed by atoms with Gasteiger partial charge in [0.2, 0.25) is 0 Å². The lowest BCUT2D eigenvalue weighted by molar-refractivity contribution is 0.149. The molecular formula is C17H27ClN4. The highest BCUT2D eigenvalue weighted by Gasteiger charge is 2.22. The molecule has 1 aliphatic heterocycles. The topological polar surface area (TPSA) is 41.0 Å². The standard InChI is InChI=1S/C17H27ClN4/c18-16-6-7-17(21-20-16)19-12-14-8-10-22(11-9-14)13-15-4-2-1-3-5-15/h6-7,14-15H,1-5,8-13H2,(H,19,21). The van der Waals surface area contributed by atoms with E-state index in [0.29, 0.717) is 5.15 Å². The predicted octanol–water partition coefficient (Wildman–Crippen LogP) is 3.83. The van der Waals surface area contributed by atoms with Gasteiger partial charge in [-0.3, -0.25) is 0 Å². The molecular weight excluding hydrogens is 296 g/mol. The van der Waals surface area contributed by atoms with Crippen molar-refractivity contribution in [2.24, 2.45) is 11.8 Å². The molecule has 1 aromatic rings. The first-order valence-electron chi connectivity index (χ1n) is 8.75. The molecule has 0 radical (unpaired) electrons. The van der Waals surface area contributed by atoms with E-state index in [1.807, 2.05) is 6.07 Å². The maximum Gasteiger partial charge on any atom is 0.151 e. The Labute approximate surface area is 138 Å². The normalized spacial score (nSPS) is 21.9. The van der Waals surface area contributed by atoms with Gasteiger partial charge < -0.3 is 10.2 Å². The molecule has 122 valence electrons. The second-order valence-electron chi connectivity index (χ2n) is 6.87. The average molecular weight is 323 g/mol. The SMILES string of the molecule is Clc1ccc(NCC2CCN(CC3CCCCC3)CC2)nn1. The molecule has 1 N–H and O–H groups in total. The summed E-state index contributed by atoms with van der Waals surface area (Å²) in [6.45, 7) is 4.85. The highest BCUT2D eigenvalue weighted by molar-refractivity contribution is 6.29. The first-order chi connectivity index (χ1) is 10.8. The first kappa shape index (κ1) is 16.0. The Kier molecular flexibility index (Phi) is 5.90. The molecule has 1 saturated carbocycles. The van der Waals surface area contributed by atoms with Crippen molar-refractivity contribution in [2.75, 3.05) is 31.5 Å². The second-order valence-corrected chi connectivity index (χ2v) is 7.26. The van der Waals surface area contributed by atoms with Gasteiger partial charge in [-0.1, -0.05) is 30.9 Å². The van der Waals surface area contributed by atoms with E-state index in [0.717, 1.165) is 24.2 Å². The zero-order chi connectivity index (χ0) is 15.2. The van der Waals surface area contributed by atoms with Crippen molar-refractivity contribution in [2.45, 2.75) is 44.9 Å². The van der Waals surface area contributed by atoms with Crippen molar-refractivity contribution < 1.29 is 0 Å². The number of likely N-dealkylation sites (tertiary alicyclic amines) is 1. The summed E-state index contributed by atoms with van der Waals surface area (Å²) in [5.74, 6) is 2.54. The Hall–Kier alpha value is -0.870. The Bertz CT molecular complexity index is 436. The molecule has 0 unspecified atom stereocenters. The van der Waals surface area contributed by atoms with Gasteiger partial charge in [0.05, 0.1) is 0 Å². The third-order valence-electron chi connectivity index (χ3n) is 5.15. The molecule has 2 fully saturated rings. The summed E-state index contributed by atoms with van der Waals surface area (Å²) < 4.78 is 0. The fourth-order valence-corrected chi connectivity index (χ4v) is 3.87. The summed E-state index contributed by atoms with van der Waals surface area (Å²) in [4.78, 5) is 2.69. The van der Waals surface area contributed by atoms with E-state index in [-0.39, 0.29) is 0 Å². The molecule has 1 saturated heterocycles. The third-order valence-corrected chi connectivity index (χ3v) is 5.35. The maximum absolute atomic E-state index is 5.75. The van der Waals surface area contributed by atoms with Gasteiger partial charge >= 0.3 is 0 Å². The minimum absolute atomic E-state index is 0.446. The molecule has 0 spiro atoms. The van der Waals surface area contributed by atoms with Crippen LogP contribution in [0.4, 0.5) is 5.82 Å². The Morgan fingerprint density at radius 1 is 1.00 bits per heavy atom. The second kappa shape index (κ2) is 8.11. The van der Waals surface area contributed by atoms with Crippen LogP contribution < -0.4 is 5.32 Å². The molecule has 1 aliphatic carbocycles. The lowest BCUT2D eigenvalue weighted by atomic mass is 9.88. The maximum atomic E-state index is 5.75. The molecule has 4 nitrogen and oxygen atoms in total. The summed E-state index contributed by atoms with van der Waals surface area (Å²) >= 11 is 5.75. The van der Waals surface area contributed by atoms with E-state index in [1.54, 1.807) is 6.07 Å². The third kappa shape index (κ3) is 4.82. The fraction of sp³-hybridized carbons (Fsp3) is 0.765. The zero-order valence-electron chi connectivity index (χ0n) is 13.3. The molecule has 2 aliphatic rings. The molecule has 2 heterocycles. The number of anilines is 1. The number of piperidine rings is 1. The van der Waals surface area contributed by atoms with Crippen molar-refractivity contribution in [3.63, 3.8) is 0 Å². The Morgan fingerprint density at radius 2 is 1.77 bits per heavy atom. The smallest absolute Gasteiger partial charge is 0.151 e. The van der Waals surface area contributed by atoms with Crippen LogP contribution in [0.5, 0.6) is 0 Å². The van der Waals surface area contributed by atoms with Gasteiger partial charge in [-0.05, 0) is 62.7 Å². The molecule has 22 heavy (non-hydrogen) atoms. The molecule has 3 rings (SSSR count). The molecule has 0 bridgehead atoms. The van der Waals surface area contributed by atoms with E-state index in [4.69, 9.17) is 11.6 Å². The van der Waals surface area contributed by atoms with Crippen molar-refractivity contribution in [3.8, 4) is 0 Å². The van der Waals surface area contributed by atoms with E-state index >= 15 is 0 Å². The van der Waals surface area contributed by atoms with Crippen molar-refractivity contribution >= 4 is 17.4 Å². The van der Waals surface area contributed by atoms with E-state index in [2.05, 4.69) is 20.4 Å². The van der Waals surface area contributed by atoms with Gasteiger partial charge in [0.1, 0.15) is 5.82 Å². The predicted molar refractivity (Wildman–Crippen MR) is 91.3 cm³/mol. The number of hydrogen-bond acceptors (Lipinski definition) is 4. The number of aromatic nitrogens is 2.